The van der Waals surface area contributed by atoms with Crippen LogP contribution in [0.25, 0.3) is 0 Å². The highest BCUT2D eigenvalue weighted by molar-refractivity contribution is 7.99. The SMILES string of the molecule is CCn1c(SCC(=O)Nc2ccc(Cl)c(Cl)c2)nnc1[C@@H](C)Oc1ccccc1Cl. The van der Waals surface area contributed by atoms with E-state index < -0.39 is 0 Å². The van der Waals surface area contributed by atoms with Gasteiger partial charge in [-0.05, 0) is 44.2 Å². The molecule has 1 heterocycles. The molecule has 158 valence electrons. The highest BCUT2D eigenvalue weighted by atomic mass is 35.5. The Hall–Kier alpha value is -1.93. The zero-order valence-electron chi connectivity index (χ0n) is 16.2. The second kappa shape index (κ2) is 10.4. The van der Waals surface area contributed by atoms with Crippen LogP contribution in [0, 0.1) is 0 Å². The molecule has 10 heteroatoms. The Labute approximate surface area is 193 Å². The maximum Gasteiger partial charge on any atom is 0.234 e. The average Bonchev–Trinajstić information content (AvgIpc) is 3.14. The fourth-order valence-electron chi connectivity index (χ4n) is 2.69. The van der Waals surface area contributed by atoms with Crippen molar-refractivity contribution >= 4 is 58.2 Å². The van der Waals surface area contributed by atoms with Crippen molar-refractivity contribution in [2.24, 2.45) is 0 Å². The Kier molecular flexibility index (Phi) is 7.88. The van der Waals surface area contributed by atoms with Crippen molar-refractivity contribution in [3.63, 3.8) is 0 Å². The van der Waals surface area contributed by atoms with Gasteiger partial charge in [-0.3, -0.25) is 4.79 Å². The molecule has 0 spiro atoms. The van der Waals surface area contributed by atoms with E-state index in [1.807, 2.05) is 30.5 Å². The summed E-state index contributed by atoms with van der Waals surface area (Å²) in [6, 6.07) is 12.2. The molecule has 6 nitrogen and oxygen atoms in total. The van der Waals surface area contributed by atoms with E-state index in [0.717, 1.165) is 0 Å². The number of nitrogens with zero attached hydrogens (tertiary/aromatic N) is 3. The van der Waals surface area contributed by atoms with Crippen LogP contribution >= 0.6 is 46.6 Å². The topological polar surface area (TPSA) is 69.0 Å². The molecule has 1 amide bonds. The van der Waals surface area contributed by atoms with Crippen molar-refractivity contribution < 1.29 is 9.53 Å². The summed E-state index contributed by atoms with van der Waals surface area (Å²) in [6.07, 6.45) is -0.364. The van der Waals surface area contributed by atoms with E-state index in [0.29, 0.717) is 44.0 Å². The van der Waals surface area contributed by atoms with Crippen LogP contribution in [0.3, 0.4) is 0 Å². The van der Waals surface area contributed by atoms with Crippen molar-refractivity contribution in [1.82, 2.24) is 14.8 Å². The molecule has 0 aliphatic rings. The molecule has 3 rings (SSSR count). The largest absolute Gasteiger partial charge is 0.481 e. The molecule has 3 aromatic rings. The Balaban J connectivity index is 1.64. The summed E-state index contributed by atoms with van der Waals surface area (Å²) in [5.74, 6) is 1.21. The van der Waals surface area contributed by atoms with Crippen LogP contribution in [0.2, 0.25) is 15.1 Å². The summed E-state index contributed by atoms with van der Waals surface area (Å²) in [5, 5.41) is 13.2. The minimum atomic E-state index is -0.364. The lowest BCUT2D eigenvalue weighted by atomic mass is 10.3. The van der Waals surface area contributed by atoms with Crippen molar-refractivity contribution in [2.45, 2.75) is 31.7 Å². The molecule has 2 aromatic carbocycles. The van der Waals surface area contributed by atoms with Crippen LogP contribution in [-0.4, -0.2) is 26.4 Å². The Morgan fingerprint density at radius 3 is 2.60 bits per heavy atom. The van der Waals surface area contributed by atoms with Gasteiger partial charge in [-0.25, -0.2) is 0 Å². The zero-order chi connectivity index (χ0) is 21.7. The Bertz CT molecular complexity index is 1040. The van der Waals surface area contributed by atoms with Gasteiger partial charge in [0.1, 0.15) is 5.75 Å². The molecule has 1 N–H and O–H groups in total. The molecular formula is C20H19Cl3N4O2S. The number of amides is 1. The highest BCUT2D eigenvalue weighted by Crippen LogP contribution is 2.29. The standard InChI is InChI=1S/C20H19Cl3N4O2S/c1-3-27-19(12(2)29-17-7-5-4-6-15(17)22)25-26-20(27)30-11-18(28)24-13-8-9-14(21)16(23)10-13/h4-10,12H,3,11H2,1-2H3,(H,24,28)/t12-/m1/s1. The molecule has 0 saturated heterocycles. The number of aromatic nitrogens is 3. The van der Waals surface area contributed by atoms with Crippen molar-refractivity contribution in [1.29, 1.82) is 0 Å². The quantitative estimate of drug-likeness (QED) is 0.389. The Morgan fingerprint density at radius 2 is 1.90 bits per heavy atom. The smallest absolute Gasteiger partial charge is 0.234 e. The first-order chi connectivity index (χ1) is 14.4. The molecule has 1 atom stereocenters. The number of benzene rings is 2. The zero-order valence-corrected chi connectivity index (χ0v) is 19.3. The third kappa shape index (κ3) is 5.60. The lowest BCUT2D eigenvalue weighted by Gasteiger charge is -2.16. The summed E-state index contributed by atoms with van der Waals surface area (Å²) in [6.45, 7) is 4.50. The fourth-order valence-corrected chi connectivity index (χ4v) is 3.98. The molecular weight excluding hydrogens is 467 g/mol. The molecule has 0 bridgehead atoms. The second-order valence-corrected chi connectivity index (χ2v) is 8.41. The van der Waals surface area contributed by atoms with Gasteiger partial charge in [0.2, 0.25) is 5.91 Å². The molecule has 0 saturated carbocycles. The highest BCUT2D eigenvalue weighted by Gasteiger charge is 2.20. The van der Waals surface area contributed by atoms with Gasteiger partial charge in [-0.2, -0.15) is 0 Å². The summed E-state index contributed by atoms with van der Waals surface area (Å²) in [7, 11) is 0. The number of carbonyl (C=O) groups excluding carboxylic acids is 1. The van der Waals surface area contributed by atoms with Crippen LogP contribution < -0.4 is 10.1 Å². The first-order valence-electron chi connectivity index (χ1n) is 9.11. The molecule has 0 aliphatic heterocycles. The number of rotatable bonds is 8. The minimum absolute atomic E-state index is 0.165. The van der Waals surface area contributed by atoms with Crippen LogP contribution in [0.1, 0.15) is 25.8 Å². The summed E-state index contributed by atoms with van der Waals surface area (Å²) < 4.78 is 7.86. The van der Waals surface area contributed by atoms with Crippen molar-refractivity contribution in [2.75, 3.05) is 11.1 Å². The molecule has 0 radical (unpaired) electrons. The van der Waals surface area contributed by atoms with Crippen molar-refractivity contribution in [3.8, 4) is 5.75 Å². The van der Waals surface area contributed by atoms with Gasteiger partial charge in [0.15, 0.2) is 17.1 Å². The summed E-state index contributed by atoms with van der Waals surface area (Å²) >= 11 is 19.3. The lowest BCUT2D eigenvalue weighted by molar-refractivity contribution is -0.113. The molecule has 0 unspecified atom stereocenters. The van der Waals surface area contributed by atoms with E-state index >= 15 is 0 Å². The normalized spacial score (nSPS) is 11.9. The number of anilines is 1. The van der Waals surface area contributed by atoms with Crippen LogP contribution in [0.15, 0.2) is 47.6 Å². The number of halogens is 3. The number of para-hydroxylation sites is 1. The van der Waals surface area contributed by atoms with Crippen LogP contribution in [0.4, 0.5) is 5.69 Å². The fraction of sp³-hybridized carbons (Fsp3) is 0.250. The first kappa shape index (κ1) is 22.7. The monoisotopic (exact) mass is 484 g/mol. The van der Waals surface area contributed by atoms with E-state index in [4.69, 9.17) is 39.5 Å². The summed E-state index contributed by atoms with van der Waals surface area (Å²) in [4.78, 5) is 12.3. The van der Waals surface area contributed by atoms with Crippen LogP contribution in [0.5, 0.6) is 5.75 Å². The van der Waals surface area contributed by atoms with E-state index in [1.165, 1.54) is 11.8 Å². The second-order valence-electron chi connectivity index (χ2n) is 6.24. The summed E-state index contributed by atoms with van der Waals surface area (Å²) in [5.41, 5.74) is 0.578. The molecule has 0 fully saturated rings. The van der Waals surface area contributed by atoms with Gasteiger partial charge in [-0.1, -0.05) is 58.7 Å². The number of carbonyl (C=O) groups is 1. The lowest BCUT2D eigenvalue weighted by Crippen LogP contribution is -2.15. The maximum atomic E-state index is 12.3. The first-order valence-corrected chi connectivity index (χ1v) is 11.2. The maximum absolute atomic E-state index is 12.3. The van der Waals surface area contributed by atoms with E-state index in [-0.39, 0.29) is 17.8 Å². The number of hydrogen-bond acceptors (Lipinski definition) is 5. The Morgan fingerprint density at radius 1 is 1.13 bits per heavy atom. The van der Waals surface area contributed by atoms with E-state index in [1.54, 1.807) is 30.3 Å². The van der Waals surface area contributed by atoms with Gasteiger partial charge in [0, 0.05) is 12.2 Å². The molecule has 0 aliphatic carbocycles. The number of nitrogens with one attached hydrogen (secondary N) is 1. The van der Waals surface area contributed by atoms with Crippen LogP contribution in [-0.2, 0) is 11.3 Å². The molecule has 30 heavy (non-hydrogen) atoms. The third-order valence-corrected chi connectivity index (χ3v) is 6.12. The van der Waals surface area contributed by atoms with E-state index in [9.17, 15) is 4.79 Å². The minimum Gasteiger partial charge on any atom is -0.481 e. The van der Waals surface area contributed by atoms with E-state index in [2.05, 4.69) is 15.5 Å². The van der Waals surface area contributed by atoms with Crippen molar-refractivity contribution in [3.05, 3.63) is 63.4 Å². The number of thioether (sulfide) groups is 1. The van der Waals surface area contributed by atoms with Gasteiger partial charge < -0.3 is 14.6 Å². The van der Waals surface area contributed by atoms with Gasteiger partial charge in [-0.15, -0.1) is 10.2 Å². The van der Waals surface area contributed by atoms with Gasteiger partial charge in [0.05, 0.1) is 20.8 Å². The third-order valence-electron chi connectivity index (χ3n) is 4.10. The predicted molar refractivity (Wildman–Crippen MR) is 122 cm³/mol. The number of hydrogen-bond donors (Lipinski definition) is 1. The van der Waals surface area contributed by atoms with Gasteiger partial charge >= 0.3 is 0 Å². The van der Waals surface area contributed by atoms with Gasteiger partial charge in [0.25, 0.3) is 0 Å². The average molecular weight is 486 g/mol. The number of ether oxygens (including phenoxy) is 1. The molecule has 1 aromatic heterocycles. The predicted octanol–water partition coefficient (Wildman–Crippen LogP) is 6.13.